The van der Waals surface area contributed by atoms with Gasteiger partial charge >= 0.3 is 12.0 Å². The van der Waals surface area contributed by atoms with Crippen LogP contribution in [0.5, 0.6) is 0 Å². The van der Waals surface area contributed by atoms with Gasteiger partial charge in [-0.15, -0.1) is 0 Å². The summed E-state index contributed by atoms with van der Waals surface area (Å²) in [7, 11) is 0. The maximum atomic E-state index is 13.1. The van der Waals surface area contributed by atoms with Gasteiger partial charge in [0.05, 0.1) is 11.3 Å². The van der Waals surface area contributed by atoms with Gasteiger partial charge in [-0.05, 0) is 37.0 Å². The van der Waals surface area contributed by atoms with Crippen molar-refractivity contribution < 1.29 is 19.1 Å². The Balaban J connectivity index is 2.10. The minimum Gasteiger partial charge on any atom is -0.478 e. The molecule has 1 heterocycles. The maximum Gasteiger partial charge on any atom is 0.337 e. The molecule has 6 heteroatoms. The Hall–Kier alpha value is -2.11. The van der Waals surface area contributed by atoms with E-state index in [0.717, 1.165) is 25.0 Å². The second kappa shape index (κ2) is 5.90. The zero-order valence-electron chi connectivity index (χ0n) is 11.2. The van der Waals surface area contributed by atoms with E-state index in [2.05, 4.69) is 12.2 Å². The van der Waals surface area contributed by atoms with E-state index >= 15 is 0 Å². The molecule has 0 atom stereocenters. The van der Waals surface area contributed by atoms with E-state index in [1.54, 1.807) is 4.90 Å². The lowest BCUT2D eigenvalue weighted by Crippen LogP contribution is -2.40. The first kappa shape index (κ1) is 14.3. The number of carboxylic acid groups (broad SMARTS) is 1. The highest BCUT2D eigenvalue weighted by Gasteiger charge is 2.21. The molecule has 0 aromatic heterocycles. The maximum absolute atomic E-state index is 13.1. The fourth-order valence-corrected chi connectivity index (χ4v) is 2.21. The van der Waals surface area contributed by atoms with Gasteiger partial charge in [-0.25, -0.2) is 14.0 Å². The second-order valence-electron chi connectivity index (χ2n) is 5.09. The van der Waals surface area contributed by atoms with Crippen LogP contribution in [0.25, 0.3) is 0 Å². The smallest absolute Gasteiger partial charge is 0.337 e. The molecule has 108 valence electrons. The van der Waals surface area contributed by atoms with Crippen LogP contribution in [-0.4, -0.2) is 35.1 Å². The number of aromatic carboxylic acids is 1. The highest BCUT2D eigenvalue weighted by Crippen LogP contribution is 2.20. The van der Waals surface area contributed by atoms with Gasteiger partial charge in [0.2, 0.25) is 0 Å². The van der Waals surface area contributed by atoms with Crippen molar-refractivity contribution in [3.63, 3.8) is 0 Å². The van der Waals surface area contributed by atoms with Crippen LogP contribution in [0.4, 0.5) is 14.9 Å². The standard InChI is InChI=1S/C14H17FN2O3/c1-9-4-6-17(7-5-9)14(20)16-12-3-2-10(15)8-11(12)13(18)19/h2-3,8-9H,4-7H2,1H3,(H,16,20)(H,18,19). The highest BCUT2D eigenvalue weighted by molar-refractivity contribution is 6.00. The summed E-state index contributed by atoms with van der Waals surface area (Å²) < 4.78 is 13.1. The van der Waals surface area contributed by atoms with Crippen molar-refractivity contribution in [2.75, 3.05) is 18.4 Å². The molecule has 1 aliphatic rings. The van der Waals surface area contributed by atoms with Crippen molar-refractivity contribution in [1.29, 1.82) is 0 Å². The van der Waals surface area contributed by atoms with Gasteiger partial charge in [-0.1, -0.05) is 6.92 Å². The number of hydrogen-bond donors (Lipinski definition) is 2. The molecule has 1 aromatic rings. The summed E-state index contributed by atoms with van der Waals surface area (Å²) in [6.45, 7) is 3.44. The van der Waals surface area contributed by atoms with Crippen LogP contribution in [0.3, 0.4) is 0 Å². The zero-order valence-corrected chi connectivity index (χ0v) is 11.2. The molecule has 1 aliphatic heterocycles. The fourth-order valence-electron chi connectivity index (χ4n) is 2.21. The molecule has 1 saturated heterocycles. The summed E-state index contributed by atoms with van der Waals surface area (Å²) in [6, 6.07) is 2.95. The molecule has 0 aliphatic carbocycles. The largest absolute Gasteiger partial charge is 0.478 e. The van der Waals surface area contributed by atoms with Crippen LogP contribution >= 0.6 is 0 Å². The lowest BCUT2D eigenvalue weighted by atomic mass is 10.00. The summed E-state index contributed by atoms with van der Waals surface area (Å²) in [6.07, 6.45) is 1.87. The Morgan fingerprint density at radius 1 is 1.35 bits per heavy atom. The van der Waals surface area contributed by atoms with Crippen LogP contribution in [0.1, 0.15) is 30.1 Å². The zero-order chi connectivity index (χ0) is 14.7. The molecule has 1 fully saturated rings. The summed E-state index contributed by atoms with van der Waals surface area (Å²) in [5.41, 5.74) is -0.133. The molecule has 2 rings (SSSR count). The summed E-state index contributed by atoms with van der Waals surface area (Å²) in [4.78, 5) is 24.8. The summed E-state index contributed by atoms with van der Waals surface area (Å²) >= 11 is 0. The summed E-state index contributed by atoms with van der Waals surface area (Å²) in [5, 5.41) is 11.6. The number of rotatable bonds is 2. The van der Waals surface area contributed by atoms with Crippen molar-refractivity contribution in [2.45, 2.75) is 19.8 Å². The molecule has 0 radical (unpaired) electrons. The van der Waals surface area contributed by atoms with Crippen molar-refractivity contribution >= 4 is 17.7 Å². The SMILES string of the molecule is CC1CCN(C(=O)Nc2ccc(F)cc2C(=O)O)CC1. The number of benzene rings is 1. The molecule has 5 nitrogen and oxygen atoms in total. The van der Waals surface area contributed by atoms with Gasteiger partial charge in [0, 0.05) is 13.1 Å². The number of amides is 2. The van der Waals surface area contributed by atoms with E-state index in [0.29, 0.717) is 19.0 Å². The van der Waals surface area contributed by atoms with Crippen molar-refractivity contribution in [2.24, 2.45) is 5.92 Å². The third-order valence-corrected chi connectivity index (χ3v) is 3.52. The third kappa shape index (κ3) is 3.26. The molecular formula is C14H17FN2O3. The quantitative estimate of drug-likeness (QED) is 0.875. The summed E-state index contributed by atoms with van der Waals surface area (Å²) in [5.74, 6) is -1.32. The monoisotopic (exact) mass is 280 g/mol. The number of carboxylic acids is 1. The Morgan fingerprint density at radius 3 is 2.60 bits per heavy atom. The van der Waals surface area contributed by atoms with Crippen LogP contribution in [0, 0.1) is 11.7 Å². The molecule has 0 bridgehead atoms. The Morgan fingerprint density at radius 2 is 2.00 bits per heavy atom. The van der Waals surface area contributed by atoms with Gasteiger partial charge in [-0.2, -0.15) is 0 Å². The van der Waals surface area contributed by atoms with E-state index in [1.165, 1.54) is 6.07 Å². The number of urea groups is 1. The van der Waals surface area contributed by atoms with Gasteiger partial charge in [0.25, 0.3) is 0 Å². The normalized spacial score (nSPS) is 16.0. The van der Waals surface area contributed by atoms with Crippen LogP contribution in [-0.2, 0) is 0 Å². The molecular weight excluding hydrogens is 263 g/mol. The second-order valence-corrected chi connectivity index (χ2v) is 5.09. The Labute approximate surface area is 116 Å². The first-order chi connectivity index (χ1) is 9.47. The molecule has 2 amide bonds. The number of nitrogens with one attached hydrogen (secondary N) is 1. The number of carbonyl (C=O) groups is 2. The van der Waals surface area contributed by atoms with Crippen molar-refractivity contribution in [3.8, 4) is 0 Å². The van der Waals surface area contributed by atoms with Crippen molar-refractivity contribution in [3.05, 3.63) is 29.6 Å². The van der Waals surface area contributed by atoms with Crippen molar-refractivity contribution in [1.82, 2.24) is 4.90 Å². The third-order valence-electron chi connectivity index (χ3n) is 3.52. The fraction of sp³-hybridized carbons (Fsp3) is 0.429. The van der Waals surface area contributed by atoms with Crippen LogP contribution < -0.4 is 5.32 Å². The molecule has 0 spiro atoms. The first-order valence-corrected chi connectivity index (χ1v) is 6.56. The predicted octanol–water partition coefficient (Wildman–Crippen LogP) is 2.79. The van der Waals surface area contributed by atoms with E-state index in [1.807, 2.05) is 0 Å². The lowest BCUT2D eigenvalue weighted by molar-refractivity contribution is 0.0697. The number of nitrogens with zero attached hydrogens (tertiary/aromatic N) is 1. The Bertz CT molecular complexity index is 525. The van der Waals surface area contributed by atoms with Gasteiger partial charge in [0.15, 0.2) is 0 Å². The number of likely N-dealkylation sites (tertiary alicyclic amines) is 1. The number of carbonyl (C=O) groups excluding carboxylic acids is 1. The first-order valence-electron chi connectivity index (χ1n) is 6.56. The van der Waals surface area contributed by atoms with Crippen LogP contribution in [0.15, 0.2) is 18.2 Å². The van der Waals surface area contributed by atoms with Gasteiger partial charge < -0.3 is 15.3 Å². The van der Waals surface area contributed by atoms with E-state index in [9.17, 15) is 14.0 Å². The Kier molecular flexibility index (Phi) is 4.22. The van der Waals surface area contributed by atoms with Gasteiger partial charge in [0.1, 0.15) is 5.82 Å². The minimum absolute atomic E-state index is 0.113. The molecule has 0 unspecified atom stereocenters. The average molecular weight is 280 g/mol. The predicted molar refractivity (Wildman–Crippen MR) is 72.3 cm³/mol. The number of halogens is 1. The number of hydrogen-bond acceptors (Lipinski definition) is 2. The molecule has 2 N–H and O–H groups in total. The minimum atomic E-state index is -1.27. The molecule has 0 saturated carbocycles. The topological polar surface area (TPSA) is 69.6 Å². The number of anilines is 1. The van der Waals surface area contributed by atoms with Gasteiger partial charge in [-0.3, -0.25) is 0 Å². The number of piperidine rings is 1. The molecule has 1 aromatic carbocycles. The van der Waals surface area contributed by atoms with E-state index in [-0.39, 0.29) is 17.3 Å². The van der Waals surface area contributed by atoms with Crippen LogP contribution in [0.2, 0.25) is 0 Å². The average Bonchev–Trinajstić information content (AvgIpc) is 2.41. The molecule has 20 heavy (non-hydrogen) atoms. The lowest BCUT2D eigenvalue weighted by Gasteiger charge is -2.30. The van der Waals surface area contributed by atoms with E-state index < -0.39 is 11.8 Å². The highest BCUT2D eigenvalue weighted by atomic mass is 19.1. The van der Waals surface area contributed by atoms with E-state index in [4.69, 9.17) is 5.11 Å².